The predicted molar refractivity (Wildman–Crippen MR) is 81.1 cm³/mol. The summed E-state index contributed by atoms with van der Waals surface area (Å²) in [5, 5.41) is 3.00. The number of rotatable bonds is 8. The Morgan fingerprint density at radius 1 is 1.40 bits per heavy atom. The zero-order chi connectivity index (χ0) is 15.6. The van der Waals surface area contributed by atoms with Gasteiger partial charge in [0.1, 0.15) is 9.84 Å². The third-order valence-electron chi connectivity index (χ3n) is 3.81. The number of hydrogen-bond acceptors (Lipinski definition) is 4. The number of hydrogen-bond donors (Lipinski definition) is 2. The van der Waals surface area contributed by atoms with Gasteiger partial charge in [0.05, 0.1) is 5.75 Å². The molecular weight excluding hydrogens is 276 g/mol. The standard InChI is InChI=1S/C14H28N2O3S/c1-11(2)7-13(3,9-15)16-12(17)8-14(5-6-14)10-20(4,18)19/h11H,5-10,15H2,1-4H3,(H,16,17). The van der Waals surface area contributed by atoms with Gasteiger partial charge in [-0.25, -0.2) is 8.42 Å². The van der Waals surface area contributed by atoms with Gasteiger partial charge in [0, 0.05) is 24.8 Å². The minimum atomic E-state index is -3.04. The van der Waals surface area contributed by atoms with Crippen LogP contribution in [0.1, 0.15) is 46.5 Å². The monoisotopic (exact) mass is 304 g/mol. The van der Waals surface area contributed by atoms with Gasteiger partial charge in [0.15, 0.2) is 0 Å². The van der Waals surface area contributed by atoms with Gasteiger partial charge in [-0.05, 0) is 37.5 Å². The summed E-state index contributed by atoms with van der Waals surface area (Å²) >= 11 is 0. The van der Waals surface area contributed by atoms with Crippen molar-refractivity contribution in [2.45, 2.75) is 52.0 Å². The smallest absolute Gasteiger partial charge is 0.221 e. The van der Waals surface area contributed by atoms with Gasteiger partial charge in [-0.15, -0.1) is 0 Å². The topological polar surface area (TPSA) is 89.3 Å². The van der Waals surface area contributed by atoms with Crippen molar-refractivity contribution in [2.24, 2.45) is 17.1 Å². The van der Waals surface area contributed by atoms with E-state index in [0.717, 1.165) is 19.3 Å². The van der Waals surface area contributed by atoms with Crippen LogP contribution < -0.4 is 11.1 Å². The van der Waals surface area contributed by atoms with Crippen LogP contribution in [0.4, 0.5) is 0 Å². The molecule has 5 nitrogen and oxygen atoms in total. The van der Waals surface area contributed by atoms with Crippen molar-refractivity contribution >= 4 is 15.7 Å². The normalized spacial score (nSPS) is 20.5. The van der Waals surface area contributed by atoms with Crippen LogP contribution in [0.15, 0.2) is 0 Å². The average Bonchev–Trinajstić information content (AvgIpc) is 2.92. The lowest BCUT2D eigenvalue weighted by molar-refractivity contribution is -0.124. The molecule has 0 spiro atoms. The maximum atomic E-state index is 12.2. The van der Waals surface area contributed by atoms with E-state index >= 15 is 0 Å². The Balaban J connectivity index is 2.59. The number of sulfone groups is 1. The van der Waals surface area contributed by atoms with E-state index in [9.17, 15) is 13.2 Å². The Labute approximate surface area is 122 Å². The molecule has 0 heterocycles. The molecule has 1 amide bonds. The quantitative estimate of drug-likeness (QED) is 0.702. The zero-order valence-corrected chi connectivity index (χ0v) is 13.8. The first kappa shape index (κ1) is 17.4. The Morgan fingerprint density at radius 3 is 2.30 bits per heavy atom. The van der Waals surface area contributed by atoms with E-state index in [1.54, 1.807) is 0 Å². The van der Waals surface area contributed by atoms with Crippen molar-refractivity contribution in [3.63, 3.8) is 0 Å². The number of amides is 1. The molecule has 6 heteroatoms. The number of nitrogens with two attached hydrogens (primary N) is 1. The number of carbonyl (C=O) groups excluding carboxylic acids is 1. The van der Waals surface area contributed by atoms with Crippen molar-refractivity contribution in [1.82, 2.24) is 5.32 Å². The van der Waals surface area contributed by atoms with Crippen molar-refractivity contribution in [3.05, 3.63) is 0 Å². The van der Waals surface area contributed by atoms with Gasteiger partial charge in [0.25, 0.3) is 0 Å². The molecule has 0 aromatic carbocycles. The molecule has 0 radical (unpaired) electrons. The lowest BCUT2D eigenvalue weighted by atomic mass is 9.90. The summed E-state index contributed by atoms with van der Waals surface area (Å²) in [6.07, 6.45) is 3.96. The van der Waals surface area contributed by atoms with Crippen molar-refractivity contribution in [3.8, 4) is 0 Å². The van der Waals surface area contributed by atoms with Crippen LogP contribution in [-0.4, -0.2) is 38.4 Å². The second-order valence-corrected chi connectivity index (χ2v) is 9.30. The van der Waals surface area contributed by atoms with Crippen molar-refractivity contribution in [1.29, 1.82) is 0 Å². The van der Waals surface area contributed by atoms with E-state index in [1.165, 1.54) is 6.26 Å². The second kappa shape index (κ2) is 6.02. The zero-order valence-electron chi connectivity index (χ0n) is 13.0. The Morgan fingerprint density at radius 2 is 1.95 bits per heavy atom. The number of nitrogens with one attached hydrogen (secondary N) is 1. The van der Waals surface area contributed by atoms with E-state index < -0.39 is 15.4 Å². The molecule has 1 aliphatic carbocycles. The summed E-state index contributed by atoms with van der Waals surface area (Å²) in [5.74, 6) is 0.464. The Bertz CT molecular complexity index is 455. The first-order valence-corrected chi connectivity index (χ1v) is 9.24. The molecule has 3 N–H and O–H groups in total. The lowest BCUT2D eigenvalue weighted by Gasteiger charge is -2.32. The van der Waals surface area contributed by atoms with Crippen molar-refractivity contribution < 1.29 is 13.2 Å². The molecule has 1 aliphatic rings. The molecule has 1 saturated carbocycles. The maximum absolute atomic E-state index is 12.2. The molecule has 0 aromatic rings. The molecule has 0 bridgehead atoms. The first-order valence-electron chi connectivity index (χ1n) is 7.18. The Hall–Kier alpha value is -0.620. The van der Waals surface area contributed by atoms with Crippen LogP contribution in [0.2, 0.25) is 0 Å². The molecule has 1 atom stereocenters. The third-order valence-corrected chi connectivity index (χ3v) is 4.95. The van der Waals surface area contributed by atoms with Gasteiger partial charge < -0.3 is 11.1 Å². The summed E-state index contributed by atoms with van der Waals surface area (Å²) in [5.41, 5.74) is 5.04. The molecule has 118 valence electrons. The third kappa shape index (κ3) is 5.79. The van der Waals surface area contributed by atoms with Gasteiger partial charge >= 0.3 is 0 Å². The van der Waals surface area contributed by atoms with Crippen LogP contribution in [0.25, 0.3) is 0 Å². The minimum absolute atomic E-state index is 0.0836. The summed E-state index contributed by atoms with van der Waals surface area (Å²) in [7, 11) is -3.04. The Kier molecular flexibility index (Phi) is 5.24. The average molecular weight is 304 g/mol. The SMILES string of the molecule is CC(C)CC(C)(CN)NC(=O)CC1(CS(C)(=O)=O)CC1. The largest absolute Gasteiger partial charge is 0.350 e. The summed E-state index contributed by atoms with van der Waals surface area (Å²) in [4.78, 5) is 12.2. The molecule has 20 heavy (non-hydrogen) atoms. The van der Waals surface area contributed by atoms with Crippen LogP contribution in [0.5, 0.6) is 0 Å². The van der Waals surface area contributed by atoms with Gasteiger partial charge in [-0.2, -0.15) is 0 Å². The summed E-state index contributed by atoms with van der Waals surface area (Å²) in [6.45, 7) is 6.51. The molecule has 1 fully saturated rings. The van der Waals surface area contributed by atoms with E-state index in [4.69, 9.17) is 5.73 Å². The van der Waals surface area contributed by atoms with Gasteiger partial charge in [-0.1, -0.05) is 13.8 Å². The fraction of sp³-hybridized carbons (Fsp3) is 0.929. The van der Waals surface area contributed by atoms with E-state index in [1.807, 2.05) is 6.92 Å². The van der Waals surface area contributed by atoms with Crippen LogP contribution in [-0.2, 0) is 14.6 Å². The van der Waals surface area contributed by atoms with Crippen LogP contribution in [0, 0.1) is 11.3 Å². The first-order chi connectivity index (χ1) is 8.99. The molecular formula is C14H28N2O3S. The highest BCUT2D eigenvalue weighted by molar-refractivity contribution is 7.90. The predicted octanol–water partition coefficient (Wildman–Crippen LogP) is 1.08. The highest BCUT2D eigenvalue weighted by atomic mass is 32.2. The molecule has 1 unspecified atom stereocenters. The summed E-state index contributed by atoms with van der Waals surface area (Å²) < 4.78 is 22.8. The fourth-order valence-corrected chi connectivity index (χ4v) is 4.42. The summed E-state index contributed by atoms with van der Waals surface area (Å²) in [6, 6.07) is 0. The minimum Gasteiger partial charge on any atom is -0.350 e. The molecule has 1 rings (SSSR count). The highest BCUT2D eigenvalue weighted by Crippen LogP contribution is 2.49. The maximum Gasteiger partial charge on any atom is 0.221 e. The van der Waals surface area contributed by atoms with E-state index in [2.05, 4.69) is 19.2 Å². The van der Waals surface area contributed by atoms with Crippen LogP contribution in [0.3, 0.4) is 0 Å². The van der Waals surface area contributed by atoms with E-state index in [0.29, 0.717) is 12.5 Å². The van der Waals surface area contributed by atoms with Gasteiger partial charge in [-0.3, -0.25) is 4.79 Å². The second-order valence-electron chi connectivity index (χ2n) is 7.16. The highest BCUT2D eigenvalue weighted by Gasteiger charge is 2.47. The molecule has 0 saturated heterocycles. The fourth-order valence-electron chi connectivity index (χ4n) is 2.91. The number of carbonyl (C=O) groups is 1. The molecule has 0 aliphatic heterocycles. The van der Waals surface area contributed by atoms with Crippen LogP contribution >= 0.6 is 0 Å². The molecule has 0 aromatic heterocycles. The van der Waals surface area contributed by atoms with E-state index in [-0.39, 0.29) is 23.5 Å². The van der Waals surface area contributed by atoms with Gasteiger partial charge in [0.2, 0.25) is 5.91 Å². The van der Waals surface area contributed by atoms with Crippen molar-refractivity contribution in [2.75, 3.05) is 18.6 Å². The lowest BCUT2D eigenvalue weighted by Crippen LogP contribution is -2.52.